The van der Waals surface area contributed by atoms with Gasteiger partial charge in [-0.05, 0) is 24.3 Å². The minimum absolute atomic E-state index is 0.536. The summed E-state index contributed by atoms with van der Waals surface area (Å²) in [5, 5.41) is 3.42. The van der Waals surface area contributed by atoms with Crippen molar-refractivity contribution in [2.24, 2.45) is 9.98 Å². The first-order valence-electron chi connectivity index (χ1n) is 11.4. The SMILES string of the molecule is c1ccc(N=C2N=C(Nc3ccccc3)c3nc(-c4ccccc4)c(-c4ccccc4)nc32)cc1. The van der Waals surface area contributed by atoms with E-state index in [1.165, 1.54) is 0 Å². The second kappa shape index (κ2) is 9.15. The van der Waals surface area contributed by atoms with Crippen molar-refractivity contribution in [3.05, 3.63) is 133 Å². The smallest absolute Gasteiger partial charge is 0.183 e. The second-order valence-corrected chi connectivity index (χ2v) is 8.07. The van der Waals surface area contributed by atoms with Gasteiger partial charge in [-0.3, -0.25) is 0 Å². The lowest BCUT2D eigenvalue weighted by atomic mass is 10.0. The molecule has 0 bridgehead atoms. The first-order chi connectivity index (χ1) is 17.3. The molecule has 1 aromatic heterocycles. The van der Waals surface area contributed by atoms with E-state index in [1.54, 1.807) is 0 Å². The average Bonchev–Trinajstić information content (AvgIpc) is 3.25. The van der Waals surface area contributed by atoms with Gasteiger partial charge in [-0.2, -0.15) is 0 Å². The van der Waals surface area contributed by atoms with E-state index in [2.05, 4.69) is 29.6 Å². The summed E-state index contributed by atoms with van der Waals surface area (Å²) in [5.41, 5.74) is 6.67. The Hall–Kier alpha value is -4.90. The molecule has 1 aliphatic heterocycles. The van der Waals surface area contributed by atoms with Crippen LogP contribution in [0.15, 0.2) is 131 Å². The largest absolute Gasteiger partial charge is 0.338 e. The van der Waals surface area contributed by atoms with Gasteiger partial charge < -0.3 is 5.32 Å². The molecule has 1 N–H and O–H groups in total. The van der Waals surface area contributed by atoms with Gasteiger partial charge in [-0.15, -0.1) is 0 Å². The number of benzene rings is 4. The molecule has 166 valence electrons. The Balaban J connectivity index is 1.57. The van der Waals surface area contributed by atoms with Crippen LogP contribution in [0.3, 0.4) is 0 Å². The van der Waals surface area contributed by atoms with Crippen molar-refractivity contribution in [2.75, 3.05) is 5.32 Å². The number of rotatable bonds is 4. The lowest BCUT2D eigenvalue weighted by Crippen LogP contribution is -2.15. The molecule has 0 fully saturated rings. The molecule has 0 radical (unpaired) electrons. The third-order valence-electron chi connectivity index (χ3n) is 5.67. The molecule has 1 aliphatic rings. The maximum absolute atomic E-state index is 5.13. The van der Waals surface area contributed by atoms with Crippen LogP contribution in [-0.4, -0.2) is 21.6 Å². The number of nitrogens with one attached hydrogen (secondary N) is 1. The van der Waals surface area contributed by atoms with Gasteiger partial charge in [0.25, 0.3) is 0 Å². The normalized spacial score (nSPS) is 13.4. The molecule has 5 heteroatoms. The molecular formula is C30H21N5. The Morgan fingerprint density at radius 1 is 0.486 bits per heavy atom. The van der Waals surface area contributed by atoms with Gasteiger partial charge in [0, 0.05) is 16.8 Å². The Bertz CT molecular complexity index is 1530. The van der Waals surface area contributed by atoms with Crippen molar-refractivity contribution in [1.82, 2.24) is 9.97 Å². The maximum atomic E-state index is 5.13. The Morgan fingerprint density at radius 3 is 1.54 bits per heavy atom. The van der Waals surface area contributed by atoms with E-state index in [-0.39, 0.29) is 0 Å². The highest BCUT2D eigenvalue weighted by Crippen LogP contribution is 2.32. The molecule has 0 atom stereocenters. The zero-order chi connectivity index (χ0) is 23.5. The molecule has 0 spiro atoms. The minimum Gasteiger partial charge on any atom is -0.338 e. The predicted octanol–water partition coefficient (Wildman–Crippen LogP) is 6.76. The van der Waals surface area contributed by atoms with Gasteiger partial charge in [0.2, 0.25) is 0 Å². The summed E-state index contributed by atoms with van der Waals surface area (Å²) in [6, 6.07) is 40.0. The van der Waals surface area contributed by atoms with Crippen LogP contribution in [0.1, 0.15) is 11.4 Å². The molecule has 6 rings (SSSR count). The van der Waals surface area contributed by atoms with Crippen molar-refractivity contribution >= 4 is 23.0 Å². The highest BCUT2D eigenvalue weighted by atomic mass is 15.1. The molecule has 0 unspecified atom stereocenters. The average molecular weight is 452 g/mol. The van der Waals surface area contributed by atoms with Gasteiger partial charge in [0.05, 0.1) is 17.1 Å². The standard InChI is InChI=1S/C30H21N5/c1-5-13-21(14-6-1)25-26(22-15-7-2-8-16-22)34-28-27(33-25)29(31-23-17-9-3-10-18-23)35-30(28)32-24-19-11-4-12-20-24/h1-20H,(H,31,32,35). The number of amidine groups is 2. The van der Waals surface area contributed by atoms with Crippen molar-refractivity contribution in [3.63, 3.8) is 0 Å². The Morgan fingerprint density at radius 2 is 0.971 bits per heavy atom. The van der Waals surface area contributed by atoms with Crippen LogP contribution < -0.4 is 5.32 Å². The summed E-state index contributed by atoms with van der Waals surface area (Å²) in [5.74, 6) is 1.17. The molecule has 5 aromatic rings. The summed E-state index contributed by atoms with van der Waals surface area (Å²) in [4.78, 5) is 19.9. The first kappa shape index (κ1) is 20.7. The van der Waals surface area contributed by atoms with E-state index in [9.17, 15) is 0 Å². The van der Waals surface area contributed by atoms with Crippen LogP contribution in [0.4, 0.5) is 11.4 Å². The number of nitrogens with zero attached hydrogens (tertiary/aromatic N) is 4. The van der Waals surface area contributed by atoms with Crippen molar-refractivity contribution in [2.45, 2.75) is 0 Å². The van der Waals surface area contributed by atoms with Crippen LogP contribution >= 0.6 is 0 Å². The molecule has 5 nitrogen and oxygen atoms in total. The molecule has 0 saturated carbocycles. The predicted molar refractivity (Wildman–Crippen MR) is 142 cm³/mol. The van der Waals surface area contributed by atoms with E-state index in [0.717, 1.165) is 33.9 Å². The molecule has 2 heterocycles. The maximum Gasteiger partial charge on any atom is 0.183 e. The monoisotopic (exact) mass is 451 g/mol. The van der Waals surface area contributed by atoms with Gasteiger partial charge in [0.15, 0.2) is 11.7 Å². The lowest BCUT2D eigenvalue weighted by molar-refractivity contribution is 1.17. The van der Waals surface area contributed by atoms with Crippen LogP contribution in [0, 0.1) is 0 Å². The van der Waals surface area contributed by atoms with Gasteiger partial charge in [0.1, 0.15) is 11.4 Å². The molecular weight excluding hydrogens is 430 g/mol. The number of aromatic nitrogens is 2. The zero-order valence-corrected chi connectivity index (χ0v) is 18.8. The van der Waals surface area contributed by atoms with Crippen LogP contribution in [0.2, 0.25) is 0 Å². The summed E-state index contributed by atoms with van der Waals surface area (Å²) in [6.07, 6.45) is 0. The van der Waals surface area contributed by atoms with E-state index in [0.29, 0.717) is 23.1 Å². The molecule has 0 aliphatic carbocycles. The summed E-state index contributed by atoms with van der Waals surface area (Å²) >= 11 is 0. The number of hydrogen-bond acceptors (Lipinski definition) is 4. The van der Waals surface area contributed by atoms with Gasteiger partial charge in [-0.25, -0.2) is 20.0 Å². The highest BCUT2D eigenvalue weighted by Gasteiger charge is 2.28. The Labute approximate surface area is 203 Å². The number of hydrogen-bond donors (Lipinski definition) is 1. The quantitative estimate of drug-likeness (QED) is 0.328. The fourth-order valence-corrected chi connectivity index (χ4v) is 4.01. The summed E-state index contributed by atoms with van der Waals surface area (Å²) in [7, 11) is 0. The van der Waals surface area contributed by atoms with Gasteiger partial charge >= 0.3 is 0 Å². The molecule has 4 aromatic carbocycles. The second-order valence-electron chi connectivity index (χ2n) is 8.07. The number of para-hydroxylation sites is 2. The summed E-state index contributed by atoms with van der Waals surface area (Å²) in [6.45, 7) is 0. The molecule has 0 amide bonds. The van der Waals surface area contributed by atoms with E-state index in [1.807, 2.05) is 97.1 Å². The van der Waals surface area contributed by atoms with Gasteiger partial charge in [-0.1, -0.05) is 97.1 Å². The lowest BCUT2D eigenvalue weighted by Gasteiger charge is -2.12. The molecule has 0 saturated heterocycles. The van der Waals surface area contributed by atoms with Crippen LogP contribution in [0.25, 0.3) is 22.5 Å². The fourth-order valence-electron chi connectivity index (χ4n) is 4.01. The van der Waals surface area contributed by atoms with Crippen LogP contribution in [0.5, 0.6) is 0 Å². The Kier molecular flexibility index (Phi) is 5.41. The number of fused-ring (bicyclic) bond motifs is 1. The van der Waals surface area contributed by atoms with E-state index >= 15 is 0 Å². The highest BCUT2D eigenvalue weighted by molar-refractivity contribution is 6.25. The van der Waals surface area contributed by atoms with Crippen molar-refractivity contribution in [1.29, 1.82) is 0 Å². The third-order valence-corrected chi connectivity index (χ3v) is 5.67. The van der Waals surface area contributed by atoms with E-state index < -0.39 is 0 Å². The van der Waals surface area contributed by atoms with Crippen molar-refractivity contribution in [3.8, 4) is 22.5 Å². The topological polar surface area (TPSA) is 62.5 Å². The minimum atomic E-state index is 0.536. The summed E-state index contributed by atoms with van der Waals surface area (Å²) < 4.78 is 0. The zero-order valence-electron chi connectivity index (χ0n) is 18.8. The van der Waals surface area contributed by atoms with Crippen molar-refractivity contribution < 1.29 is 0 Å². The fraction of sp³-hybridized carbons (Fsp3) is 0. The van der Waals surface area contributed by atoms with Crippen LogP contribution in [-0.2, 0) is 0 Å². The number of anilines is 1. The first-order valence-corrected chi connectivity index (χ1v) is 11.4. The number of aliphatic imine (C=N–C) groups is 2. The third kappa shape index (κ3) is 4.23. The van der Waals surface area contributed by atoms with E-state index in [4.69, 9.17) is 20.0 Å². The molecule has 35 heavy (non-hydrogen) atoms.